The van der Waals surface area contributed by atoms with Crippen LogP contribution in [0.2, 0.25) is 0 Å². The van der Waals surface area contributed by atoms with E-state index in [9.17, 15) is 10.0 Å². The van der Waals surface area contributed by atoms with Crippen LogP contribution in [0.3, 0.4) is 0 Å². The molecule has 0 aliphatic heterocycles. The fourth-order valence-electron chi connectivity index (χ4n) is 2.82. The number of hydrogen-bond acceptors (Lipinski definition) is 4. The number of benzene rings is 2. The second-order valence-electron chi connectivity index (χ2n) is 5.50. The summed E-state index contributed by atoms with van der Waals surface area (Å²) in [4.78, 5) is 11.1. The van der Waals surface area contributed by atoms with Gasteiger partial charge in [-0.05, 0) is 42.3 Å². The van der Waals surface area contributed by atoms with E-state index in [4.69, 9.17) is 4.74 Å². The van der Waals surface area contributed by atoms with Gasteiger partial charge in [-0.1, -0.05) is 30.3 Å². The van der Waals surface area contributed by atoms with Gasteiger partial charge in [0.15, 0.2) is 5.69 Å². The van der Waals surface area contributed by atoms with Crippen molar-refractivity contribution < 1.29 is 9.84 Å². The van der Waals surface area contributed by atoms with E-state index in [1.807, 2.05) is 56.3 Å². The van der Waals surface area contributed by atoms with Gasteiger partial charge in [-0.3, -0.25) is 0 Å². The number of para-hydroxylation sites is 1. The largest absolute Gasteiger partial charge is 0.493 e. The van der Waals surface area contributed by atoms with Gasteiger partial charge in [-0.2, -0.15) is 0 Å². The summed E-state index contributed by atoms with van der Waals surface area (Å²) in [6, 6.07) is 13.4. The molecular formula is C18H18N2O3. The molecule has 2 aromatic carbocycles. The van der Waals surface area contributed by atoms with E-state index in [1.165, 1.54) is 0 Å². The van der Waals surface area contributed by atoms with Gasteiger partial charge in [0.2, 0.25) is 5.88 Å². The number of hydrogen-bond donors (Lipinski definition) is 1. The monoisotopic (exact) mass is 310 g/mol. The summed E-state index contributed by atoms with van der Waals surface area (Å²) in [7, 11) is 0. The standard InChI is InChI=1S/C18H18N2O3/c1-12-6-3-4-9-15(12)23-11-10-20-14-8-5-7-13(2)16(14)17(19-22)18(20)21/h3-9,21H,10-11H2,1-2H3. The summed E-state index contributed by atoms with van der Waals surface area (Å²) in [5.74, 6) is 0.700. The number of fused-ring (bicyclic) bond motifs is 1. The lowest BCUT2D eigenvalue weighted by molar-refractivity contribution is 0.289. The normalized spacial score (nSPS) is 10.9. The number of nitroso groups, excluding NO2 is 1. The molecule has 5 nitrogen and oxygen atoms in total. The summed E-state index contributed by atoms with van der Waals surface area (Å²) >= 11 is 0. The Hall–Kier alpha value is -2.82. The minimum Gasteiger partial charge on any atom is -0.493 e. The van der Waals surface area contributed by atoms with Crippen molar-refractivity contribution in [2.24, 2.45) is 5.18 Å². The van der Waals surface area contributed by atoms with Crippen LogP contribution in [-0.4, -0.2) is 16.3 Å². The average Bonchev–Trinajstić information content (AvgIpc) is 2.82. The van der Waals surface area contributed by atoms with Crippen molar-refractivity contribution in [1.29, 1.82) is 0 Å². The summed E-state index contributed by atoms with van der Waals surface area (Å²) < 4.78 is 7.44. The molecular weight excluding hydrogens is 292 g/mol. The van der Waals surface area contributed by atoms with Crippen LogP contribution < -0.4 is 4.74 Å². The molecule has 0 unspecified atom stereocenters. The SMILES string of the molecule is Cc1ccccc1OCCn1c(O)c(N=O)c2c(C)cccc21. The topological polar surface area (TPSA) is 63.8 Å². The van der Waals surface area contributed by atoms with Gasteiger partial charge in [0, 0.05) is 5.39 Å². The van der Waals surface area contributed by atoms with E-state index in [0.717, 1.165) is 22.4 Å². The van der Waals surface area contributed by atoms with Crippen molar-refractivity contribution in [3.8, 4) is 11.6 Å². The van der Waals surface area contributed by atoms with Crippen LogP contribution in [0, 0.1) is 18.8 Å². The van der Waals surface area contributed by atoms with E-state index in [2.05, 4.69) is 5.18 Å². The molecule has 1 aromatic heterocycles. The van der Waals surface area contributed by atoms with Gasteiger partial charge in [-0.25, -0.2) is 0 Å². The van der Waals surface area contributed by atoms with E-state index >= 15 is 0 Å². The van der Waals surface area contributed by atoms with Crippen molar-refractivity contribution in [2.75, 3.05) is 6.61 Å². The fourth-order valence-corrected chi connectivity index (χ4v) is 2.82. The predicted molar refractivity (Wildman–Crippen MR) is 90.5 cm³/mol. The molecule has 1 N–H and O–H groups in total. The third-order valence-electron chi connectivity index (χ3n) is 4.00. The molecule has 0 spiro atoms. The minimum absolute atomic E-state index is 0.0917. The molecule has 0 aliphatic rings. The Balaban J connectivity index is 1.89. The second kappa shape index (κ2) is 6.12. The Morgan fingerprint density at radius 3 is 2.57 bits per heavy atom. The first kappa shape index (κ1) is 15.1. The molecule has 0 saturated heterocycles. The predicted octanol–water partition coefficient (Wildman–Crippen LogP) is 4.44. The third-order valence-corrected chi connectivity index (χ3v) is 4.00. The van der Waals surface area contributed by atoms with Gasteiger partial charge in [-0.15, -0.1) is 4.91 Å². The molecule has 0 radical (unpaired) electrons. The molecule has 0 fully saturated rings. The molecule has 3 rings (SSSR count). The van der Waals surface area contributed by atoms with Gasteiger partial charge in [0.25, 0.3) is 0 Å². The number of aryl methyl sites for hydroxylation is 2. The minimum atomic E-state index is -0.113. The lowest BCUT2D eigenvalue weighted by Crippen LogP contribution is -2.08. The quantitative estimate of drug-likeness (QED) is 0.708. The van der Waals surface area contributed by atoms with Crippen molar-refractivity contribution in [2.45, 2.75) is 20.4 Å². The number of ether oxygens (including phenoxy) is 1. The van der Waals surface area contributed by atoms with Crippen molar-refractivity contribution in [3.05, 3.63) is 58.5 Å². The van der Waals surface area contributed by atoms with Crippen LogP contribution in [0.25, 0.3) is 10.9 Å². The van der Waals surface area contributed by atoms with Crippen molar-refractivity contribution >= 4 is 16.6 Å². The third kappa shape index (κ3) is 2.65. The van der Waals surface area contributed by atoms with Gasteiger partial charge in [0.05, 0.1) is 12.1 Å². The Bertz CT molecular complexity index is 868. The highest BCUT2D eigenvalue weighted by Crippen LogP contribution is 2.40. The van der Waals surface area contributed by atoms with Crippen LogP contribution in [0.4, 0.5) is 5.69 Å². The lowest BCUT2D eigenvalue weighted by Gasteiger charge is -2.11. The number of rotatable bonds is 5. The molecule has 23 heavy (non-hydrogen) atoms. The van der Waals surface area contributed by atoms with E-state index in [1.54, 1.807) is 4.57 Å². The molecule has 118 valence electrons. The summed E-state index contributed by atoms with van der Waals surface area (Å²) in [6.07, 6.45) is 0. The van der Waals surface area contributed by atoms with Crippen molar-refractivity contribution in [3.63, 3.8) is 0 Å². The lowest BCUT2D eigenvalue weighted by atomic mass is 10.1. The maximum atomic E-state index is 11.1. The fraction of sp³-hybridized carbons (Fsp3) is 0.222. The Morgan fingerprint density at radius 1 is 1.09 bits per heavy atom. The molecule has 1 heterocycles. The maximum Gasteiger partial charge on any atom is 0.222 e. The van der Waals surface area contributed by atoms with Crippen molar-refractivity contribution in [1.82, 2.24) is 4.57 Å². The van der Waals surface area contributed by atoms with Gasteiger partial charge < -0.3 is 14.4 Å². The average molecular weight is 310 g/mol. The van der Waals surface area contributed by atoms with Crippen LogP contribution in [0.1, 0.15) is 11.1 Å². The van der Waals surface area contributed by atoms with Gasteiger partial charge >= 0.3 is 0 Å². The summed E-state index contributed by atoms with van der Waals surface area (Å²) in [6.45, 7) is 4.68. The molecule has 0 saturated carbocycles. The Morgan fingerprint density at radius 2 is 1.83 bits per heavy atom. The number of aromatic nitrogens is 1. The molecule has 5 heteroatoms. The smallest absolute Gasteiger partial charge is 0.222 e. The zero-order valence-corrected chi connectivity index (χ0v) is 13.1. The molecule has 0 atom stereocenters. The van der Waals surface area contributed by atoms with E-state index < -0.39 is 0 Å². The Kier molecular flexibility index (Phi) is 4.02. The van der Waals surface area contributed by atoms with Gasteiger partial charge in [0.1, 0.15) is 12.4 Å². The highest BCUT2D eigenvalue weighted by molar-refractivity contribution is 5.97. The molecule has 3 aromatic rings. The highest BCUT2D eigenvalue weighted by atomic mass is 16.5. The zero-order chi connectivity index (χ0) is 16.4. The molecule has 0 aliphatic carbocycles. The van der Waals surface area contributed by atoms with E-state index in [-0.39, 0.29) is 11.6 Å². The summed E-state index contributed by atoms with van der Waals surface area (Å²) in [5, 5.41) is 14.0. The Labute approximate surface area is 134 Å². The number of nitrogens with zero attached hydrogens (tertiary/aromatic N) is 2. The van der Waals surface area contributed by atoms with E-state index in [0.29, 0.717) is 18.5 Å². The first-order valence-corrected chi connectivity index (χ1v) is 7.46. The molecule has 0 bridgehead atoms. The maximum absolute atomic E-state index is 11.1. The molecule has 0 amide bonds. The number of aromatic hydroxyl groups is 1. The second-order valence-corrected chi connectivity index (χ2v) is 5.50. The van der Waals surface area contributed by atoms with Crippen LogP contribution in [0.5, 0.6) is 11.6 Å². The van der Waals surface area contributed by atoms with Crippen LogP contribution in [0.15, 0.2) is 47.6 Å². The van der Waals surface area contributed by atoms with Crippen LogP contribution >= 0.6 is 0 Å². The zero-order valence-electron chi connectivity index (χ0n) is 13.1. The highest BCUT2D eigenvalue weighted by Gasteiger charge is 2.18. The summed E-state index contributed by atoms with van der Waals surface area (Å²) in [5.41, 5.74) is 2.84. The first-order chi connectivity index (χ1) is 11.1. The first-order valence-electron chi connectivity index (χ1n) is 7.46. The van der Waals surface area contributed by atoms with Crippen LogP contribution in [-0.2, 0) is 6.54 Å².